The number of methoxy groups -OCH3 is 1. The fraction of sp³-hybridized carbons (Fsp3) is 0.438. The monoisotopic (exact) mass is 293 g/mol. The van der Waals surface area contributed by atoms with E-state index >= 15 is 0 Å². The summed E-state index contributed by atoms with van der Waals surface area (Å²) in [6.45, 7) is 8.15. The average molecular weight is 293 g/mol. The van der Waals surface area contributed by atoms with E-state index in [0.29, 0.717) is 18.7 Å². The number of carbonyl (C=O) groups excluding carboxylic acids is 1. The zero-order chi connectivity index (χ0) is 15.9. The quantitative estimate of drug-likeness (QED) is 0.438. The highest BCUT2D eigenvalue weighted by atomic mass is 16.6. The Labute approximate surface area is 125 Å². The van der Waals surface area contributed by atoms with Crippen LogP contribution in [0.1, 0.15) is 25.8 Å². The molecule has 1 unspecified atom stereocenters. The smallest absolute Gasteiger partial charge is 0.317 e. The van der Waals surface area contributed by atoms with Crippen molar-refractivity contribution >= 4 is 5.97 Å². The van der Waals surface area contributed by atoms with Crippen molar-refractivity contribution in [3.05, 3.63) is 42.1 Å². The van der Waals surface area contributed by atoms with Gasteiger partial charge in [0.2, 0.25) is 0 Å². The Morgan fingerprint density at radius 2 is 2.00 bits per heavy atom. The highest BCUT2D eigenvalue weighted by molar-refractivity contribution is 5.80. The van der Waals surface area contributed by atoms with E-state index in [-0.39, 0.29) is 5.75 Å². The lowest BCUT2D eigenvalue weighted by atomic mass is 9.81. The molecule has 0 fully saturated rings. The minimum atomic E-state index is -0.959. The lowest BCUT2D eigenvalue weighted by Gasteiger charge is -2.29. The number of hydroxylamine groups is 1. The first-order chi connectivity index (χ1) is 9.93. The van der Waals surface area contributed by atoms with Gasteiger partial charge in [0.05, 0.1) is 13.7 Å². The number of benzene rings is 1. The molecule has 5 nitrogen and oxygen atoms in total. The van der Waals surface area contributed by atoms with E-state index in [9.17, 15) is 9.90 Å². The van der Waals surface area contributed by atoms with E-state index in [2.05, 4.69) is 12.1 Å². The van der Waals surface area contributed by atoms with E-state index in [1.165, 1.54) is 7.11 Å². The van der Waals surface area contributed by atoms with E-state index in [1.54, 1.807) is 31.2 Å². The second-order valence-corrected chi connectivity index (χ2v) is 5.10. The average Bonchev–Trinajstić information content (AvgIpc) is 2.48. The molecule has 0 saturated heterocycles. The van der Waals surface area contributed by atoms with Gasteiger partial charge in [-0.2, -0.15) is 0 Å². The molecule has 21 heavy (non-hydrogen) atoms. The normalized spacial score (nSPS) is 13.3. The van der Waals surface area contributed by atoms with Crippen LogP contribution in [0, 0.1) is 5.41 Å². The highest BCUT2D eigenvalue weighted by Gasteiger charge is 2.38. The molecule has 1 rings (SSSR count). The largest absolute Gasteiger partial charge is 0.508 e. The molecular weight excluding hydrogens is 270 g/mol. The van der Waals surface area contributed by atoms with Crippen molar-refractivity contribution < 1.29 is 19.5 Å². The summed E-state index contributed by atoms with van der Waals surface area (Å²) in [6.07, 6.45) is 1.24. The predicted octanol–water partition coefficient (Wildman–Crippen LogP) is 2.56. The molecule has 0 amide bonds. The van der Waals surface area contributed by atoms with Gasteiger partial charge in [0.15, 0.2) is 0 Å². The molecular formula is C16H23NO4. The third-order valence-electron chi connectivity index (χ3n) is 3.30. The van der Waals surface area contributed by atoms with Crippen molar-refractivity contribution in [2.24, 2.45) is 5.41 Å². The van der Waals surface area contributed by atoms with Crippen molar-refractivity contribution in [3.63, 3.8) is 0 Å². The Bertz CT molecular complexity index is 484. The van der Waals surface area contributed by atoms with Crippen LogP contribution < -0.4 is 5.48 Å². The van der Waals surface area contributed by atoms with E-state index in [4.69, 9.17) is 9.57 Å². The summed E-state index contributed by atoms with van der Waals surface area (Å²) in [5.74, 6) is -0.213. The SMILES string of the molecule is C=C(NOCCC)C(C)(Cc1ccc(O)cc1)C(=O)OC. The lowest BCUT2D eigenvalue weighted by molar-refractivity contribution is -0.150. The van der Waals surface area contributed by atoms with Gasteiger partial charge in [-0.1, -0.05) is 25.6 Å². The molecule has 0 heterocycles. The summed E-state index contributed by atoms with van der Waals surface area (Å²) >= 11 is 0. The highest BCUT2D eigenvalue weighted by Crippen LogP contribution is 2.31. The van der Waals surface area contributed by atoms with Gasteiger partial charge < -0.3 is 9.84 Å². The third kappa shape index (κ3) is 4.49. The fourth-order valence-corrected chi connectivity index (χ4v) is 1.90. The van der Waals surface area contributed by atoms with Gasteiger partial charge in [-0.25, -0.2) is 0 Å². The minimum Gasteiger partial charge on any atom is -0.508 e. The number of aromatic hydroxyl groups is 1. The summed E-state index contributed by atoms with van der Waals surface area (Å²) in [6, 6.07) is 6.68. The molecule has 116 valence electrons. The van der Waals surface area contributed by atoms with Crippen LogP contribution in [0.5, 0.6) is 5.75 Å². The number of hydrogen-bond donors (Lipinski definition) is 2. The van der Waals surface area contributed by atoms with Crippen molar-refractivity contribution in [2.45, 2.75) is 26.7 Å². The van der Waals surface area contributed by atoms with Gasteiger partial charge >= 0.3 is 5.97 Å². The lowest BCUT2D eigenvalue weighted by Crippen LogP contribution is -2.38. The number of phenols is 1. The Hall–Kier alpha value is -2.01. The first-order valence-electron chi connectivity index (χ1n) is 6.87. The molecule has 0 saturated carbocycles. The van der Waals surface area contributed by atoms with E-state index in [1.807, 2.05) is 6.92 Å². The Kier molecular flexibility index (Phi) is 6.24. The van der Waals surface area contributed by atoms with Gasteiger partial charge in [-0.05, 0) is 37.5 Å². The molecule has 0 aliphatic heterocycles. The molecule has 0 spiro atoms. The maximum atomic E-state index is 12.2. The van der Waals surface area contributed by atoms with Crippen LogP contribution in [0.25, 0.3) is 0 Å². The minimum absolute atomic E-state index is 0.182. The molecule has 0 aromatic heterocycles. The van der Waals surface area contributed by atoms with Gasteiger partial charge in [0, 0.05) is 5.70 Å². The Balaban J connectivity index is 2.89. The van der Waals surface area contributed by atoms with Gasteiger partial charge in [0.1, 0.15) is 11.2 Å². The van der Waals surface area contributed by atoms with Crippen LogP contribution in [0.3, 0.4) is 0 Å². The van der Waals surface area contributed by atoms with Crippen molar-refractivity contribution in [1.29, 1.82) is 0 Å². The summed E-state index contributed by atoms with van der Waals surface area (Å²) < 4.78 is 4.89. The van der Waals surface area contributed by atoms with Crippen molar-refractivity contribution in [1.82, 2.24) is 5.48 Å². The summed E-state index contributed by atoms with van der Waals surface area (Å²) in [7, 11) is 1.34. The zero-order valence-electron chi connectivity index (χ0n) is 12.8. The first-order valence-corrected chi connectivity index (χ1v) is 6.87. The van der Waals surface area contributed by atoms with E-state index in [0.717, 1.165) is 12.0 Å². The maximum absolute atomic E-state index is 12.2. The van der Waals surface area contributed by atoms with Crippen LogP contribution in [0.15, 0.2) is 36.5 Å². The molecule has 0 aliphatic carbocycles. The summed E-state index contributed by atoms with van der Waals surface area (Å²) in [5, 5.41) is 9.32. The number of rotatable bonds is 8. The topological polar surface area (TPSA) is 67.8 Å². The number of phenolic OH excluding ortho intramolecular Hbond substituents is 1. The number of nitrogens with one attached hydrogen (secondary N) is 1. The summed E-state index contributed by atoms with van der Waals surface area (Å²) in [5.41, 5.74) is 3.10. The third-order valence-corrected chi connectivity index (χ3v) is 3.30. The molecule has 0 radical (unpaired) electrons. The van der Waals surface area contributed by atoms with Gasteiger partial charge in [-0.3, -0.25) is 15.1 Å². The first kappa shape index (κ1) is 17.0. The number of esters is 1. The van der Waals surface area contributed by atoms with Crippen molar-refractivity contribution in [2.75, 3.05) is 13.7 Å². The molecule has 0 aliphatic rings. The van der Waals surface area contributed by atoms with E-state index < -0.39 is 11.4 Å². The molecule has 0 bridgehead atoms. The molecule has 1 aromatic rings. The fourth-order valence-electron chi connectivity index (χ4n) is 1.90. The number of carbonyl (C=O) groups is 1. The second-order valence-electron chi connectivity index (χ2n) is 5.10. The standard InChI is InChI=1S/C16H23NO4/c1-5-10-21-17-12(2)16(3,15(19)20-4)11-13-6-8-14(18)9-7-13/h6-9,17-18H,2,5,10-11H2,1,3-4H3. The van der Waals surface area contributed by atoms with Crippen molar-refractivity contribution in [3.8, 4) is 5.75 Å². The van der Waals surface area contributed by atoms with Crippen LogP contribution in [0.4, 0.5) is 0 Å². The molecule has 5 heteroatoms. The molecule has 1 atom stereocenters. The maximum Gasteiger partial charge on any atom is 0.317 e. The molecule has 1 aromatic carbocycles. The Morgan fingerprint density at radius 3 is 2.52 bits per heavy atom. The predicted molar refractivity (Wildman–Crippen MR) is 80.5 cm³/mol. The van der Waals surface area contributed by atoms with Crippen LogP contribution in [-0.2, 0) is 20.8 Å². The zero-order valence-corrected chi connectivity index (χ0v) is 12.8. The van der Waals surface area contributed by atoms with Crippen LogP contribution in [0.2, 0.25) is 0 Å². The number of hydrogen-bond acceptors (Lipinski definition) is 5. The van der Waals surface area contributed by atoms with Gasteiger partial charge in [-0.15, -0.1) is 0 Å². The van der Waals surface area contributed by atoms with Crippen LogP contribution >= 0.6 is 0 Å². The second kappa shape index (κ2) is 7.69. The number of ether oxygens (including phenoxy) is 1. The van der Waals surface area contributed by atoms with Crippen LogP contribution in [-0.4, -0.2) is 24.8 Å². The van der Waals surface area contributed by atoms with Gasteiger partial charge in [0.25, 0.3) is 0 Å². The summed E-state index contributed by atoms with van der Waals surface area (Å²) in [4.78, 5) is 17.4. The Morgan fingerprint density at radius 1 is 1.38 bits per heavy atom. The molecule has 2 N–H and O–H groups in total.